The number of carbonyl (C=O) groups excluding carboxylic acids is 2. The van der Waals surface area contributed by atoms with Crippen LogP contribution in [0.3, 0.4) is 0 Å². The summed E-state index contributed by atoms with van der Waals surface area (Å²) in [4.78, 5) is 36.3. The summed E-state index contributed by atoms with van der Waals surface area (Å²) < 4.78 is 15.5. The van der Waals surface area contributed by atoms with Gasteiger partial charge in [0.05, 0.1) is 30.0 Å². The van der Waals surface area contributed by atoms with E-state index in [4.69, 9.17) is 9.15 Å². The van der Waals surface area contributed by atoms with E-state index in [1.165, 1.54) is 7.11 Å². The molecule has 1 aromatic heterocycles. The van der Waals surface area contributed by atoms with E-state index in [2.05, 4.69) is 4.74 Å². The van der Waals surface area contributed by atoms with Gasteiger partial charge in [0.2, 0.25) is 0 Å². The van der Waals surface area contributed by atoms with E-state index in [9.17, 15) is 14.4 Å². The zero-order valence-electron chi connectivity index (χ0n) is 13.9. The first kappa shape index (κ1) is 16.1. The highest BCUT2D eigenvalue weighted by atomic mass is 16.5. The third-order valence-corrected chi connectivity index (χ3v) is 4.47. The maximum Gasteiger partial charge on any atom is 0.343 e. The normalized spacial score (nSPS) is 16.0. The van der Waals surface area contributed by atoms with Crippen LogP contribution >= 0.6 is 0 Å². The van der Waals surface area contributed by atoms with Crippen molar-refractivity contribution in [1.29, 1.82) is 0 Å². The van der Waals surface area contributed by atoms with Gasteiger partial charge in [0.25, 0.3) is 0 Å². The Kier molecular flexibility index (Phi) is 3.80. The lowest BCUT2D eigenvalue weighted by Gasteiger charge is -2.24. The van der Waals surface area contributed by atoms with E-state index in [1.807, 2.05) is 0 Å². The molecule has 0 fully saturated rings. The van der Waals surface area contributed by atoms with Crippen molar-refractivity contribution >= 4 is 22.9 Å². The third kappa shape index (κ3) is 2.56. The van der Waals surface area contributed by atoms with Crippen LogP contribution in [0.2, 0.25) is 0 Å². The van der Waals surface area contributed by atoms with E-state index in [1.54, 1.807) is 48.5 Å². The number of fused-ring (bicyclic) bond motifs is 3. The number of hydrogen-bond acceptors (Lipinski definition) is 6. The Labute approximate surface area is 148 Å². The fraction of sp³-hybridized carbons (Fsp3) is 0.150. The highest BCUT2D eigenvalue weighted by Gasteiger charge is 2.33. The predicted molar refractivity (Wildman–Crippen MR) is 92.4 cm³/mol. The molecule has 0 spiro atoms. The predicted octanol–water partition coefficient (Wildman–Crippen LogP) is 3.02. The first-order valence-corrected chi connectivity index (χ1v) is 8.03. The van der Waals surface area contributed by atoms with Crippen molar-refractivity contribution in [3.8, 4) is 5.75 Å². The molecule has 6 heteroatoms. The van der Waals surface area contributed by atoms with E-state index >= 15 is 0 Å². The van der Waals surface area contributed by atoms with Gasteiger partial charge in [-0.1, -0.05) is 24.3 Å². The number of para-hydroxylation sites is 1. The van der Waals surface area contributed by atoms with Crippen LogP contribution in [0.15, 0.2) is 57.7 Å². The minimum Gasteiger partial charge on any atom is -0.465 e. The zero-order valence-corrected chi connectivity index (χ0v) is 13.9. The minimum atomic E-state index is -0.534. The Morgan fingerprint density at radius 1 is 1.08 bits per heavy atom. The fourth-order valence-corrected chi connectivity index (χ4v) is 3.22. The molecule has 130 valence electrons. The number of ether oxygens (including phenoxy) is 2. The number of carbonyl (C=O) groups is 2. The second-order valence-corrected chi connectivity index (χ2v) is 5.97. The Balaban J connectivity index is 1.88. The van der Waals surface area contributed by atoms with Crippen LogP contribution in [0.4, 0.5) is 0 Å². The molecule has 6 nitrogen and oxygen atoms in total. The highest BCUT2D eigenvalue weighted by Crippen LogP contribution is 2.40. The second kappa shape index (κ2) is 6.15. The summed E-state index contributed by atoms with van der Waals surface area (Å²) in [6, 6.07) is 13.5. The average molecular weight is 350 g/mol. The average Bonchev–Trinajstić information content (AvgIpc) is 2.67. The van der Waals surface area contributed by atoms with Crippen molar-refractivity contribution in [2.75, 3.05) is 7.11 Å². The Morgan fingerprint density at radius 2 is 1.81 bits per heavy atom. The van der Waals surface area contributed by atoms with Crippen LogP contribution in [-0.4, -0.2) is 19.0 Å². The van der Waals surface area contributed by atoms with Crippen molar-refractivity contribution in [2.45, 2.75) is 12.3 Å². The van der Waals surface area contributed by atoms with Gasteiger partial charge in [0, 0.05) is 5.92 Å². The molecule has 1 aliphatic heterocycles. The number of esters is 2. The van der Waals surface area contributed by atoms with E-state index < -0.39 is 23.5 Å². The van der Waals surface area contributed by atoms with Gasteiger partial charge < -0.3 is 13.9 Å². The molecule has 0 saturated heterocycles. The van der Waals surface area contributed by atoms with Gasteiger partial charge in [-0.25, -0.2) is 9.59 Å². The molecule has 2 aromatic carbocycles. The standard InChI is InChI=1S/C20H14O6/c1-24-19(22)12-8-6-11(7-9-12)14-10-16(21)26-18-13-4-2-3-5-15(13)25-20(23)17(14)18/h2-9,14H,10H2,1H3/t14-/m1/s1. The molecule has 3 aromatic rings. The number of rotatable bonds is 2. The third-order valence-electron chi connectivity index (χ3n) is 4.47. The molecule has 2 heterocycles. The Hall–Kier alpha value is -3.41. The Bertz CT molecular complexity index is 1080. The second-order valence-electron chi connectivity index (χ2n) is 5.97. The summed E-state index contributed by atoms with van der Waals surface area (Å²) in [5, 5.41) is 0.575. The monoisotopic (exact) mass is 350 g/mol. The van der Waals surface area contributed by atoms with Crippen molar-refractivity contribution in [3.63, 3.8) is 0 Å². The molecule has 4 rings (SSSR count). The summed E-state index contributed by atoms with van der Waals surface area (Å²) >= 11 is 0. The molecule has 0 saturated carbocycles. The summed E-state index contributed by atoms with van der Waals surface area (Å²) in [5.41, 5.74) is 1.26. The summed E-state index contributed by atoms with van der Waals surface area (Å²) in [6.45, 7) is 0. The molecule has 0 aliphatic carbocycles. The lowest BCUT2D eigenvalue weighted by atomic mass is 9.86. The van der Waals surface area contributed by atoms with Crippen LogP contribution in [-0.2, 0) is 9.53 Å². The number of hydrogen-bond donors (Lipinski definition) is 0. The molecule has 0 amide bonds. The van der Waals surface area contributed by atoms with Gasteiger partial charge in [-0.05, 0) is 29.8 Å². The summed E-state index contributed by atoms with van der Waals surface area (Å²) in [6.07, 6.45) is 0.0215. The SMILES string of the molecule is COC(=O)c1ccc([C@H]2CC(=O)Oc3c2c(=O)oc2ccccc32)cc1. The lowest BCUT2D eigenvalue weighted by molar-refractivity contribution is -0.135. The van der Waals surface area contributed by atoms with Gasteiger partial charge >= 0.3 is 17.6 Å². The van der Waals surface area contributed by atoms with Gasteiger partial charge in [-0.3, -0.25) is 4.79 Å². The highest BCUT2D eigenvalue weighted by molar-refractivity contribution is 5.91. The van der Waals surface area contributed by atoms with E-state index in [-0.39, 0.29) is 12.2 Å². The van der Waals surface area contributed by atoms with E-state index in [0.29, 0.717) is 22.1 Å². The number of methoxy groups -OCH3 is 1. The lowest BCUT2D eigenvalue weighted by Crippen LogP contribution is -2.26. The zero-order chi connectivity index (χ0) is 18.3. The number of benzene rings is 2. The van der Waals surface area contributed by atoms with Crippen LogP contribution in [0.5, 0.6) is 5.75 Å². The fourth-order valence-electron chi connectivity index (χ4n) is 3.22. The minimum absolute atomic E-state index is 0.0215. The van der Waals surface area contributed by atoms with Crippen LogP contribution in [0, 0.1) is 0 Å². The van der Waals surface area contributed by atoms with Crippen molar-refractivity contribution in [2.24, 2.45) is 0 Å². The molecule has 0 radical (unpaired) electrons. The maximum absolute atomic E-state index is 12.6. The first-order valence-electron chi connectivity index (χ1n) is 8.03. The van der Waals surface area contributed by atoms with Gasteiger partial charge in [-0.15, -0.1) is 0 Å². The molecule has 26 heavy (non-hydrogen) atoms. The Morgan fingerprint density at radius 3 is 2.54 bits per heavy atom. The largest absolute Gasteiger partial charge is 0.465 e. The molecule has 1 atom stereocenters. The summed E-state index contributed by atoms with van der Waals surface area (Å²) in [7, 11) is 1.31. The first-order chi connectivity index (χ1) is 12.6. The smallest absolute Gasteiger partial charge is 0.343 e. The van der Waals surface area contributed by atoms with E-state index in [0.717, 1.165) is 5.56 Å². The van der Waals surface area contributed by atoms with Gasteiger partial charge in [0.1, 0.15) is 5.58 Å². The van der Waals surface area contributed by atoms with Gasteiger partial charge in [-0.2, -0.15) is 0 Å². The molecule has 0 unspecified atom stereocenters. The van der Waals surface area contributed by atoms with Crippen LogP contribution in [0.25, 0.3) is 11.0 Å². The quantitative estimate of drug-likeness (QED) is 0.522. The maximum atomic E-state index is 12.6. The topological polar surface area (TPSA) is 82.8 Å². The van der Waals surface area contributed by atoms with Crippen molar-refractivity contribution < 1.29 is 23.5 Å². The van der Waals surface area contributed by atoms with Crippen LogP contribution in [0.1, 0.15) is 33.8 Å². The molecular weight excluding hydrogens is 336 g/mol. The molecule has 0 N–H and O–H groups in total. The molecule has 1 aliphatic rings. The molecule has 0 bridgehead atoms. The summed E-state index contributed by atoms with van der Waals surface area (Å²) in [5.74, 6) is -1.13. The van der Waals surface area contributed by atoms with Crippen LogP contribution < -0.4 is 10.4 Å². The van der Waals surface area contributed by atoms with Gasteiger partial charge in [0.15, 0.2) is 5.75 Å². The van der Waals surface area contributed by atoms with Crippen molar-refractivity contribution in [1.82, 2.24) is 0 Å². The van der Waals surface area contributed by atoms with Crippen molar-refractivity contribution in [3.05, 3.63) is 75.6 Å². The molecular formula is C20H14O6.